The number of ether oxygens (including phenoxy) is 2. The Morgan fingerprint density at radius 3 is 2.66 bits per heavy atom. The van der Waals surface area contributed by atoms with Crippen LogP contribution in [0.3, 0.4) is 0 Å². The topological polar surface area (TPSA) is 79.0 Å². The predicted molar refractivity (Wildman–Crippen MR) is 139 cm³/mol. The number of amides is 1. The average Bonchev–Trinajstić information content (AvgIpc) is 2.87. The van der Waals surface area contributed by atoms with E-state index in [-0.39, 0.29) is 5.88 Å². The molecule has 2 aromatic carbocycles. The maximum absolute atomic E-state index is 11.5. The Labute approximate surface area is 209 Å². The molecule has 0 unspecified atom stereocenters. The summed E-state index contributed by atoms with van der Waals surface area (Å²) in [5.41, 5.74) is 2.39. The first-order valence-corrected chi connectivity index (χ1v) is 11.4. The number of pyridine rings is 1. The molecule has 180 valence electrons. The van der Waals surface area contributed by atoms with Gasteiger partial charge in [-0.15, -0.1) is 6.42 Å². The van der Waals surface area contributed by atoms with Crippen molar-refractivity contribution in [3.05, 3.63) is 59.6 Å². The number of hydrogen-bond acceptors (Lipinski definition) is 7. The molecular weight excluding hydrogens is 466 g/mol. The smallest absolute Gasteiger partial charge is 0.300 e. The largest absolute Gasteiger partial charge is 0.494 e. The summed E-state index contributed by atoms with van der Waals surface area (Å²) in [6.07, 6.45) is 5.11. The predicted octanol–water partition coefficient (Wildman–Crippen LogP) is 4.60. The van der Waals surface area contributed by atoms with Crippen molar-refractivity contribution in [1.82, 2.24) is 9.88 Å². The lowest BCUT2D eigenvalue weighted by atomic mass is 10.2. The van der Waals surface area contributed by atoms with Gasteiger partial charge in [-0.2, -0.15) is 4.98 Å². The molecule has 0 spiro atoms. The number of anilines is 4. The van der Waals surface area contributed by atoms with Gasteiger partial charge in [-0.25, -0.2) is 0 Å². The Morgan fingerprint density at radius 2 is 1.91 bits per heavy atom. The first kappa shape index (κ1) is 24.2. The standard InChI is InChI=1S/C26H26ClN5O3/c1-4-25(33)28-18-6-5-7-20(16-18)35-26-21(27)9-11-24(30-26)29-22-10-8-19(17-23(22)34-3)32-14-12-31(2)13-15-32/h1,5-11,16-17H,12-15H2,2-3H3,(H,28,33)(H,29,30). The molecular formula is C26H26ClN5O3. The maximum atomic E-state index is 11.5. The lowest BCUT2D eigenvalue weighted by molar-refractivity contribution is -0.111. The zero-order chi connectivity index (χ0) is 24.8. The highest BCUT2D eigenvalue weighted by atomic mass is 35.5. The third-order valence-electron chi connectivity index (χ3n) is 5.57. The maximum Gasteiger partial charge on any atom is 0.300 e. The van der Waals surface area contributed by atoms with Crippen molar-refractivity contribution in [3.8, 4) is 29.7 Å². The van der Waals surface area contributed by atoms with E-state index in [0.29, 0.717) is 28.0 Å². The number of benzene rings is 2. The number of nitrogens with one attached hydrogen (secondary N) is 2. The summed E-state index contributed by atoms with van der Waals surface area (Å²) in [6, 6.07) is 16.3. The zero-order valence-corrected chi connectivity index (χ0v) is 20.3. The first-order chi connectivity index (χ1) is 16.9. The van der Waals surface area contributed by atoms with Crippen LogP contribution in [-0.4, -0.2) is 56.1 Å². The Kier molecular flexibility index (Phi) is 7.60. The van der Waals surface area contributed by atoms with Gasteiger partial charge < -0.3 is 29.9 Å². The molecule has 1 aromatic heterocycles. The molecule has 0 aliphatic carbocycles. The molecule has 1 aliphatic heterocycles. The van der Waals surface area contributed by atoms with Gasteiger partial charge in [-0.1, -0.05) is 17.7 Å². The quantitative estimate of drug-likeness (QED) is 0.467. The summed E-state index contributed by atoms with van der Waals surface area (Å²) in [5.74, 6) is 3.36. The van der Waals surface area contributed by atoms with E-state index in [0.717, 1.165) is 37.6 Å². The van der Waals surface area contributed by atoms with Crippen LogP contribution in [-0.2, 0) is 4.79 Å². The van der Waals surface area contributed by atoms with Gasteiger partial charge >= 0.3 is 0 Å². The number of rotatable bonds is 7. The average molecular weight is 492 g/mol. The molecule has 1 fully saturated rings. The van der Waals surface area contributed by atoms with Crippen molar-refractivity contribution in [2.45, 2.75) is 0 Å². The molecule has 0 radical (unpaired) electrons. The van der Waals surface area contributed by atoms with Gasteiger partial charge in [0, 0.05) is 49.7 Å². The molecule has 9 heteroatoms. The van der Waals surface area contributed by atoms with Crippen LogP contribution in [0.25, 0.3) is 0 Å². The number of carbonyl (C=O) groups is 1. The number of aromatic nitrogens is 1. The summed E-state index contributed by atoms with van der Waals surface area (Å²) in [4.78, 5) is 20.6. The van der Waals surface area contributed by atoms with E-state index in [4.69, 9.17) is 27.5 Å². The van der Waals surface area contributed by atoms with Crippen molar-refractivity contribution in [3.63, 3.8) is 0 Å². The molecule has 2 heterocycles. The minimum atomic E-state index is -0.544. The second kappa shape index (κ2) is 11.0. The number of halogens is 1. The van der Waals surface area contributed by atoms with Crippen LogP contribution >= 0.6 is 11.6 Å². The minimum Gasteiger partial charge on any atom is -0.494 e. The fourth-order valence-corrected chi connectivity index (χ4v) is 3.81. The van der Waals surface area contributed by atoms with Crippen LogP contribution in [0.4, 0.5) is 22.9 Å². The van der Waals surface area contributed by atoms with Gasteiger partial charge in [-0.3, -0.25) is 4.79 Å². The minimum absolute atomic E-state index is 0.213. The van der Waals surface area contributed by atoms with Crippen LogP contribution in [0.15, 0.2) is 54.6 Å². The van der Waals surface area contributed by atoms with Crippen molar-refractivity contribution < 1.29 is 14.3 Å². The van der Waals surface area contributed by atoms with Crippen LogP contribution in [0.2, 0.25) is 5.02 Å². The SMILES string of the molecule is C#CC(=O)Nc1cccc(Oc2nc(Nc3ccc(N4CCN(C)CC4)cc3OC)ccc2Cl)c1. The summed E-state index contributed by atoms with van der Waals surface area (Å²) in [5, 5.41) is 6.20. The highest BCUT2D eigenvalue weighted by Gasteiger charge is 2.16. The van der Waals surface area contributed by atoms with Crippen LogP contribution in [0.1, 0.15) is 0 Å². The molecule has 0 atom stereocenters. The Balaban J connectivity index is 1.51. The Bertz CT molecular complexity index is 1250. The number of piperazine rings is 1. The molecule has 0 bridgehead atoms. The Morgan fingerprint density at radius 1 is 1.11 bits per heavy atom. The van der Waals surface area contributed by atoms with E-state index < -0.39 is 5.91 Å². The van der Waals surface area contributed by atoms with Gasteiger partial charge in [-0.05, 0) is 49.4 Å². The lowest BCUT2D eigenvalue weighted by Crippen LogP contribution is -2.44. The molecule has 0 saturated carbocycles. The summed E-state index contributed by atoms with van der Waals surface area (Å²) in [7, 11) is 3.78. The summed E-state index contributed by atoms with van der Waals surface area (Å²) >= 11 is 6.33. The van der Waals surface area contributed by atoms with E-state index in [1.54, 1.807) is 43.5 Å². The molecule has 8 nitrogen and oxygen atoms in total. The monoisotopic (exact) mass is 491 g/mol. The second-order valence-electron chi connectivity index (χ2n) is 8.01. The van der Waals surface area contributed by atoms with Gasteiger partial charge in [0.1, 0.15) is 22.3 Å². The zero-order valence-electron chi connectivity index (χ0n) is 19.5. The molecule has 1 aliphatic rings. The Hall–Kier alpha value is -3.93. The van der Waals surface area contributed by atoms with Crippen molar-refractivity contribution in [1.29, 1.82) is 0 Å². The van der Waals surface area contributed by atoms with E-state index in [9.17, 15) is 4.79 Å². The van der Waals surface area contributed by atoms with E-state index in [2.05, 4.69) is 38.5 Å². The van der Waals surface area contributed by atoms with Crippen LogP contribution < -0.4 is 25.0 Å². The van der Waals surface area contributed by atoms with Crippen molar-refractivity contribution >= 4 is 40.4 Å². The molecule has 3 aromatic rings. The second-order valence-corrected chi connectivity index (χ2v) is 8.42. The summed E-state index contributed by atoms with van der Waals surface area (Å²) in [6.45, 7) is 4.00. The van der Waals surface area contributed by atoms with Gasteiger partial charge in [0.15, 0.2) is 0 Å². The normalized spacial score (nSPS) is 13.6. The highest BCUT2D eigenvalue weighted by molar-refractivity contribution is 6.31. The number of methoxy groups -OCH3 is 1. The molecule has 1 amide bonds. The fourth-order valence-electron chi connectivity index (χ4n) is 3.66. The number of nitrogens with zero attached hydrogens (tertiary/aromatic N) is 3. The number of likely N-dealkylation sites (N-methyl/N-ethyl adjacent to an activating group) is 1. The highest BCUT2D eigenvalue weighted by Crippen LogP contribution is 2.34. The third kappa shape index (κ3) is 6.15. The van der Waals surface area contributed by atoms with Crippen LogP contribution in [0.5, 0.6) is 17.4 Å². The molecule has 4 rings (SSSR count). The van der Waals surface area contributed by atoms with E-state index in [1.807, 2.05) is 18.1 Å². The number of terminal acetylenes is 1. The molecule has 35 heavy (non-hydrogen) atoms. The van der Waals surface area contributed by atoms with E-state index >= 15 is 0 Å². The van der Waals surface area contributed by atoms with Crippen molar-refractivity contribution in [2.75, 3.05) is 55.9 Å². The number of hydrogen-bond donors (Lipinski definition) is 2. The van der Waals surface area contributed by atoms with Gasteiger partial charge in [0.25, 0.3) is 5.91 Å². The van der Waals surface area contributed by atoms with E-state index in [1.165, 1.54) is 0 Å². The molecule has 1 saturated heterocycles. The number of carbonyl (C=O) groups excluding carboxylic acids is 1. The fraction of sp³-hybridized carbons (Fsp3) is 0.231. The molecule has 2 N–H and O–H groups in total. The van der Waals surface area contributed by atoms with Crippen molar-refractivity contribution in [2.24, 2.45) is 0 Å². The summed E-state index contributed by atoms with van der Waals surface area (Å²) < 4.78 is 11.5. The first-order valence-electron chi connectivity index (χ1n) is 11.1. The van der Waals surface area contributed by atoms with Gasteiger partial charge in [0.2, 0.25) is 5.88 Å². The van der Waals surface area contributed by atoms with Crippen LogP contribution in [0, 0.1) is 12.3 Å². The lowest BCUT2D eigenvalue weighted by Gasteiger charge is -2.34. The van der Waals surface area contributed by atoms with Gasteiger partial charge in [0.05, 0.1) is 12.8 Å². The third-order valence-corrected chi connectivity index (χ3v) is 5.86.